The number of aliphatic hydroxyl groups is 1. The third kappa shape index (κ3) is 8.03. The van der Waals surface area contributed by atoms with E-state index in [2.05, 4.69) is 15.6 Å². The molecule has 0 radical (unpaired) electrons. The maximum atomic E-state index is 10.8. The van der Waals surface area contributed by atoms with E-state index in [1.807, 2.05) is 41.9 Å². The van der Waals surface area contributed by atoms with Gasteiger partial charge in [0, 0.05) is 6.54 Å². The predicted octanol–water partition coefficient (Wildman–Crippen LogP) is 2.19. The van der Waals surface area contributed by atoms with Gasteiger partial charge >= 0.3 is 0 Å². The Kier molecular flexibility index (Phi) is 10.3. The van der Waals surface area contributed by atoms with Crippen molar-refractivity contribution >= 4 is 47.2 Å². The number of amides is 1. The van der Waals surface area contributed by atoms with Crippen LogP contribution < -0.4 is 21.1 Å². The highest BCUT2D eigenvalue weighted by molar-refractivity contribution is 14.0. The fourth-order valence-corrected chi connectivity index (χ4v) is 3.11. The van der Waals surface area contributed by atoms with Crippen LogP contribution in [0.4, 0.5) is 0 Å². The quantitative estimate of drug-likeness (QED) is 0.231. The molecule has 9 heteroatoms. The highest BCUT2D eigenvalue weighted by atomic mass is 127. The summed E-state index contributed by atoms with van der Waals surface area (Å²) < 4.78 is 5.31. The number of benzene rings is 1. The molecule has 28 heavy (non-hydrogen) atoms. The van der Waals surface area contributed by atoms with E-state index in [0.29, 0.717) is 31.3 Å². The van der Waals surface area contributed by atoms with Gasteiger partial charge in [-0.15, -0.1) is 24.0 Å². The summed E-state index contributed by atoms with van der Waals surface area (Å²) in [5.74, 6) is 0.658. The van der Waals surface area contributed by atoms with Crippen LogP contribution in [0.25, 0.3) is 0 Å². The zero-order valence-electron chi connectivity index (χ0n) is 16.0. The standard InChI is InChI=1S/C19H26N4O3S.HI/c1-3-21-18(23-13-19(2,25)15-7-8-27-12-15)22-10-14-5-4-6-16(9-14)26-11-17(20)24;/h4-9,12,25H,3,10-11,13H2,1-2H3,(H2,20,24)(H2,21,22,23);1H. The minimum atomic E-state index is -0.987. The smallest absolute Gasteiger partial charge is 0.255 e. The number of carbonyl (C=O) groups excluding carboxylic acids is 1. The monoisotopic (exact) mass is 518 g/mol. The molecule has 1 aromatic carbocycles. The SMILES string of the molecule is CCNC(=NCc1cccc(OCC(N)=O)c1)NCC(C)(O)c1ccsc1.I. The van der Waals surface area contributed by atoms with Crippen molar-refractivity contribution < 1.29 is 14.6 Å². The highest BCUT2D eigenvalue weighted by Gasteiger charge is 2.23. The van der Waals surface area contributed by atoms with Crippen LogP contribution in [0.3, 0.4) is 0 Å². The first-order valence-electron chi connectivity index (χ1n) is 8.68. The molecule has 0 fully saturated rings. The Morgan fingerprint density at radius 1 is 1.36 bits per heavy atom. The minimum Gasteiger partial charge on any atom is -0.484 e. The Bertz CT molecular complexity index is 766. The average Bonchev–Trinajstić information content (AvgIpc) is 3.18. The van der Waals surface area contributed by atoms with Crippen LogP contribution in [0.5, 0.6) is 5.75 Å². The van der Waals surface area contributed by atoms with Gasteiger partial charge in [-0.25, -0.2) is 4.99 Å². The molecule has 1 atom stereocenters. The summed E-state index contributed by atoms with van der Waals surface area (Å²) >= 11 is 1.55. The first kappa shape index (κ1) is 24.2. The minimum absolute atomic E-state index is 0. The lowest BCUT2D eigenvalue weighted by Crippen LogP contribution is -2.44. The van der Waals surface area contributed by atoms with E-state index in [9.17, 15) is 9.90 Å². The lowest BCUT2D eigenvalue weighted by Gasteiger charge is -2.24. The predicted molar refractivity (Wildman–Crippen MR) is 123 cm³/mol. The van der Waals surface area contributed by atoms with Crippen molar-refractivity contribution in [2.24, 2.45) is 10.7 Å². The van der Waals surface area contributed by atoms with Gasteiger partial charge in [-0.2, -0.15) is 11.3 Å². The van der Waals surface area contributed by atoms with Crippen molar-refractivity contribution in [2.75, 3.05) is 19.7 Å². The molecule has 0 aliphatic carbocycles. The second-order valence-electron chi connectivity index (χ2n) is 6.24. The molecular weight excluding hydrogens is 491 g/mol. The van der Waals surface area contributed by atoms with Crippen LogP contribution in [0, 0.1) is 0 Å². The number of nitrogens with one attached hydrogen (secondary N) is 2. The first-order valence-corrected chi connectivity index (χ1v) is 9.62. The molecule has 0 aliphatic rings. The van der Waals surface area contributed by atoms with E-state index in [1.54, 1.807) is 24.3 Å². The number of guanidine groups is 1. The fraction of sp³-hybridized carbons (Fsp3) is 0.368. The molecule has 0 aliphatic heterocycles. The van der Waals surface area contributed by atoms with E-state index in [-0.39, 0.29) is 30.6 Å². The van der Waals surface area contributed by atoms with E-state index in [0.717, 1.165) is 11.1 Å². The lowest BCUT2D eigenvalue weighted by atomic mass is 9.99. The Labute approximate surface area is 186 Å². The molecule has 1 unspecified atom stereocenters. The Balaban J connectivity index is 0.00000392. The summed E-state index contributed by atoms with van der Waals surface area (Å²) in [6.45, 7) is 5.04. The van der Waals surface area contributed by atoms with Crippen molar-refractivity contribution in [1.29, 1.82) is 0 Å². The van der Waals surface area contributed by atoms with Crippen molar-refractivity contribution in [3.8, 4) is 5.75 Å². The summed E-state index contributed by atoms with van der Waals surface area (Å²) in [5, 5.41) is 20.8. The van der Waals surface area contributed by atoms with Crippen LogP contribution in [0.15, 0.2) is 46.1 Å². The van der Waals surface area contributed by atoms with Crippen LogP contribution in [-0.4, -0.2) is 36.7 Å². The van der Waals surface area contributed by atoms with Gasteiger partial charge in [0.2, 0.25) is 0 Å². The summed E-state index contributed by atoms with van der Waals surface area (Å²) in [6.07, 6.45) is 0. The zero-order chi connectivity index (χ0) is 19.7. The maximum Gasteiger partial charge on any atom is 0.255 e. The topological polar surface area (TPSA) is 109 Å². The van der Waals surface area contributed by atoms with Crippen molar-refractivity contribution in [3.05, 3.63) is 52.2 Å². The zero-order valence-corrected chi connectivity index (χ0v) is 19.1. The molecule has 1 amide bonds. The molecule has 0 spiro atoms. The Morgan fingerprint density at radius 3 is 2.79 bits per heavy atom. The summed E-state index contributed by atoms with van der Waals surface area (Å²) in [4.78, 5) is 15.4. The second kappa shape index (κ2) is 11.9. The summed E-state index contributed by atoms with van der Waals surface area (Å²) in [6, 6.07) is 9.25. The van der Waals surface area contributed by atoms with Crippen LogP contribution in [0.2, 0.25) is 0 Å². The average molecular weight is 518 g/mol. The maximum absolute atomic E-state index is 10.8. The molecule has 1 aromatic heterocycles. The van der Waals surface area contributed by atoms with Crippen LogP contribution in [0.1, 0.15) is 25.0 Å². The summed E-state index contributed by atoms with van der Waals surface area (Å²) in [5.41, 5.74) is 5.90. The molecule has 2 aromatic rings. The largest absolute Gasteiger partial charge is 0.484 e. The third-order valence-corrected chi connectivity index (χ3v) is 4.47. The van der Waals surface area contributed by atoms with Gasteiger partial charge in [0.25, 0.3) is 5.91 Å². The molecule has 5 N–H and O–H groups in total. The van der Waals surface area contributed by atoms with Crippen LogP contribution >= 0.6 is 35.3 Å². The molecule has 2 rings (SSSR count). The van der Waals surface area contributed by atoms with Crippen molar-refractivity contribution in [2.45, 2.75) is 26.0 Å². The van der Waals surface area contributed by atoms with E-state index < -0.39 is 11.5 Å². The number of nitrogens with two attached hydrogens (primary N) is 1. The molecule has 0 bridgehead atoms. The first-order chi connectivity index (χ1) is 12.9. The number of thiophene rings is 1. The number of rotatable bonds is 9. The van der Waals surface area contributed by atoms with E-state index in [4.69, 9.17) is 10.5 Å². The fourth-order valence-electron chi connectivity index (χ4n) is 2.33. The molecule has 1 heterocycles. The number of aliphatic imine (C=N–C) groups is 1. The number of halogens is 1. The summed E-state index contributed by atoms with van der Waals surface area (Å²) in [7, 11) is 0. The third-order valence-electron chi connectivity index (χ3n) is 3.79. The Morgan fingerprint density at radius 2 is 2.14 bits per heavy atom. The van der Waals surface area contributed by atoms with E-state index >= 15 is 0 Å². The number of ether oxygens (including phenoxy) is 1. The number of primary amides is 1. The van der Waals surface area contributed by atoms with Gasteiger partial charge in [0.1, 0.15) is 11.4 Å². The van der Waals surface area contributed by atoms with Gasteiger partial charge in [-0.3, -0.25) is 4.79 Å². The molecule has 154 valence electrons. The molecule has 7 nitrogen and oxygen atoms in total. The van der Waals surface area contributed by atoms with Crippen LogP contribution in [-0.2, 0) is 16.9 Å². The number of nitrogens with zero attached hydrogens (tertiary/aromatic N) is 1. The molecule has 0 saturated carbocycles. The van der Waals surface area contributed by atoms with Gasteiger partial charge in [0.05, 0.1) is 13.1 Å². The van der Waals surface area contributed by atoms with Gasteiger partial charge in [-0.05, 0) is 53.9 Å². The molecular formula is C19H27IN4O3S. The normalized spacial score (nSPS) is 13.2. The van der Waals surface area contributed by atoms with Gasteiger partial charge in [-0.1, -0.05) is 12.1 Å². The van der Waals surface area contributed by atoms with Gasteiger partial charge < -0.3 is 26.2 Å². The van der Waals surface area contributed by atoms with E-state index in [1.165, 1.54) is 0 Å². The number of carbonyl (C=O) groups is 1. The molecule has 0 saturated heterocycles. The lowest BCUT2D eigenvalue weighted by molar-refractivity contribution is -0.119. The van der Waals surface area contributed by atoms with Gasteiger partial charge in [0.15, 0.2) is 12.6 Å². The second-order valence-corrected chi connectivity index (χ2v) is 7.02. The van der Waals surface area contributed by atoms with Crippen molar-refractivity contribution in [3.63, 3.8) is 0 Å². The number of hydrogen-bond donors (Lipinski definition) is 4. The van der Waals surface area contributed by atoms with Crippen molar-refractivity contribution in [1.82, 2.24) is 10.6 Å². The number of hydrogen-bond acceptors (Lipinski definition) is 5. The highest BCUT2D eigenvalue weighted by Crippen LogP contribution is 2.22. The Hall–Kier alpha value is -1.85.